The topological polar surface area (TPSA) is 16.4 Å². The summed E-state index contributed by atoms with van der Waals surface area (Å²) >= 11 is 0. The summed E-state index contributed by atoms with van der Waals surface area (Å²) in [6.45, 7) is 0. The van der Waals surface area contributed by atoms with Gasteiger partial charge in [-0.1, -0.05) is 84.9 Å². The maximum Gasteiger partial charge on any atom is 0.135 e. The smallest absolute Gasteiger partial charge is 0.135 e. The largest absolute Gasteiger partial charge is 0.456 e. The average molecular weight is 460 g/mol. The van der Waals surface area contributed by atoms with Gasteiger partial charge in [0.25, 0.3) is 0 Å². The molecule has 0 aliphatic carbocycles. The summed E-state index contributed by atoms with van der Waals surface area (Å²) in [5.41, 5.74) is 5.22. The van der Waals surface area contributed by atoms with Gasteiger partial charge in [-0.2, -0.15) is 0 Å². The van der Waals surface area contributed by atoms with E-state index in [0.717, 1.165) is 33.3 Å². The summed E-state index contributed by atoms with van der Waals surface area (Å²) in [5, 5.41) is 9.98. The first-order valence-electron chi connectivity index (χ1n) is 12.3. The van der Waals surface area contributed by atoms with Crippen molar-refractivity contribution in [2.24, 2.45) is 0 Å². The van der Waals surface area contributed by atoms with Gasteiger partial charge in [0, 0.05) is 27.5 Å². The molecule has 0 atom stereocenters. The van der Waals surface area contributed by atoms with E-state index < -0.39 is 0 Å². The number of hydrogen-bond acceptors (Lipinski definition) is 2. The Morgan fingerprint density at radius 2 is 1.11 bits per heavy atom. The highest BCUT2D eigenvalue weighted by molar-refractivity contribution is 6.25. The van der Waals surface area contributed by atoms with Crippen LogP contribution in [0.15, 0.2) is 132 Å². The summed E-state index contributed by atoms with van der Waals surface area (Å²) in [4.78, 5) is 2.37. The molecule has 7 aromatic carbocycles. The summed E-state index contributed by atoms with van der Waals surface area (Å²) in [7, 11) is 0. The van der Waals surface area contributed by atoms with Crippen molar-refractivity contribution in [3.8, 4) is 0 Å². The third kappa shape index (κ3) is 2.73. The van der Waals surface area contributed by atoms with Gasteiger partial charge in [0.05, 0.1) is 5.69 Å². The molecule has 2 nitrogen and oxygen atoms in total. The molecule has 0 bridgehead atoms. The minimum atomic E-state index is 0.906. The molecule has 0 aliphatic heterocycles. The van der Waals surface area contributed by atoms with E-state index in [0.29, 0.717) is 0 Å². The monoisotopic (exact) mass is 459 g/mol. The zero-order valence-electron chi connectivity index (χ0n) is 19.5. The third-order valence-electron chi connectivity index (χ3n) is 7.38. The van der Waals surface area contributed by atoms with Crippen LogP contribution in [-0.4, -0.2) is 0 Å². The zero-order chi connectivity index (χ0) is 23.6. The van der Waals surface area contributed by atoms with Crippen LogP contribution in [0.2, 0.25) is 0 Å². The van der Waals surface area contributed by atoms with E-state index in [2.05, 4.69) is 120 Å². The molecule has 36 heavy (non-hydrogen) atoms. The molecule has 168 valence electrons. The normalized spacial score (nSPS) is 11.9. The average Bonchev–Trinajstić information content (AvgIpc) is 3.31. The van der Waals surface area contributed by atoms with Gasteiger partial charge >= 0.3 is 0 Å². The predicted octanol–water partition coefficient (Wildman–Crippen LogP) is 9.95. The van der Waals surface area contributed by atoms with Crippen molar-refractivity contribution in [1.82, 2.24) is 0 Å². The van der Waals surface area contributed by atoms with E-state index in [1.807, 2.05) is 12.1 Å². The first-order valence-corrected chi connectivity index (χ1v) is 12.3. The Kier molecular flexibility index (Phi) is 3.97. The number of benzene rings is 7. The highest BCUT2D eigenvalue weighted by Gasteiger charge is 2.19. The van der Waals surface area contributed by atoms with E-state index in [-0.39, 0.29) is 0 Å². The fourth-order valence-corrected chi connectivity index (χ4v) is 5.77. The molecular weight excluding hydrogens is 438 g/mol. The third-order valence-corrected chi connectivity index (χ3v) is 7.38. The number of rotatable bonds is 3. The van der Waals surface area contributed by atoms with Gasteiger partial charge in [-0.05, 0) is 69.4 Å². The standard InChI is InChI=1S/C34H21NO/c1-2-9-25(10-3-1)35(26-17-20-32-29(21-26)27-11-4-5-12-31(27)36-32)30-19-16-24-14-13-22-7-6-8-23-15-18-28(30)34(24)33(22)23/h1-21H. The highest BCUT2D eigenvalue weighted by Crippen LogP contribution is 2.44. The van der Waals surface area contributed by atoms with Gasteiger partial charge < -0.3 is 9.32 Å². The minimum absolute atomic E-state index is 0.906. The Morgan fingerprint density at radius 1 is 0.417 bits per heavy atom. The Bertz CT molecular complexity index is 2040. The molecule has 8 aromatic rings. The van der Waals surface area contributed by atoms with Crippen molar-refractivity contribution >= 4 is 71.3 Å². The number of hydrogen-bond donors (Lipinski definition) is 0. The summed E-state index contributed by atoms with van der Waals surface area (Å²) in [6, 6.07) is 45.5. The first kappa shape index (κ1) is 19.5. The van der Waals surface area contributed by atoms with E-state index in [1.165, 1.54) is 38.0 Å². The number of anilines is 3. The van der Waals surface area contributed by atoms with Gasteiger partial charge in [0.15, 0.2) is 0 Å². The Hall–Kier alpha value is -4.82. The van der Waals surface area contributed by atoms with Crippen molar-refractivity contribution < 1.29 is 4.42 Å². The molecule has 0 amide bonds. The first-order chi connectivity index (χ1) is 17.8. The fourth-order valence-electron chi connectivity index (χ4n) is 5.77. The van der Waals surface area contributed by atoms with Gasteiger partial charge in [-0.15, -0.1) is 0 Å². The fraction of sp³-hybridized carbons (Fsp3) is 0. The molecule has 0 saturated carbocycles. The number of nitrogens with zero attached hydrogens (tertiary/aromatic N) is 1. The molecule has 0 N–H and O–H groups in total. The molecular formula is C34H21NO. The molecule has 0 spiro atoms. The lowest BCUT2D eigenvalue weighted by molar-refractivity contribution is 0.669. The Labute approximate surface area is 207 Å². The molecule has 1 aromatic heterocycles. The lowest BCUT2D eigenvalue weighted by Gasteiger charge is -2.27. The van der Waals surface area contributed by atoms with Crippen molar-refractivity contribution in [2.75, 3.05) is 4.90 Å². The maximum absolute atomic E-state index is 6.13. The van der Waals surface area contributed by atoms with Gasteiger partial charge in [0.1, 0.15) is 11.2 Å². The molecule has 0 saturated heterocycles. The van der Waals surface area contributed by atoms with Crippen LogP contribution in [0.4, 0.5) is 17.1 Å². The van der Waals surface area contributed by atoms with Crippen LogP contribution in [0, 0.1) is 0 Å². The second-order valence-electron chi connectivity index (χ2n) is 9.39. The van der Waals surface area contributed by atoms with E-state index in [1.54, 1.807) is 0 Å². The van der Waals surface area contributed by atoms with Crippen molar-refractivity contribution in [2.45, 2.75) is 0 Å². The van der Waals surface area contributed by atoms with Crippen LogP contribution < -0.4 is 4.90 Å². The van der Waals surface area contributed by atoms with Crippen LogP contribution >= 0.6 is 0 Å². The predicted molar refractivity (Wildman–Crippen MR) is 152 cm³/mol. The molecule has 0 radical (unpaired) electrons. The Balaban J connectivity index is 1.46. The van der Waals surface area contributed by atoms with Crippen molar-refractivity contribution in [3.63, 3.8) is 0 Å². The van der Waals surface area contributed by atoms with Crippen LogP contribution in [0.25, 0.3) is 54.3 Å². The van der Waals surface area contributed by atoms with Gasteiger partial charge in [-0.3, -0.25) is 0 Å². The second kappa shape index (κ2) is 7.34. The number of fused-ring (bicyclic) bond motifs is 3. The highest BCUT2D eigenvalue weighted by atomic mass is 16.3. The number of para-hydroxylation sites is 2. The quantitative estimate of drug-likeness (QED) is 0.244. The summed E-state index contributed by atoms with van der Waals surface area (Å²) in [6.07, 6.45) is 0. The lowest BCUT2D eigenvalue weighted by atomic mass is 9.93. The minimum Gasteiger partial charge on any atom is -0.456 e. The molecule has 0 aliphatic rings. The van der Waals surface area contributed by atoms with Crippen LogP contribution in [0.1, 0.15) is 0 Å². The van der Waals surface area contributed by atoms with Gasteiger partial charge in [-0.25, -0.2) is 0 Å². The van der Waals surface area contributed by atoms with Crippen molar-refractivity contribution in [3.05, 3.63) is 127 Å². The van der Waals surface area contributed by atoms with Crippen LogP contribution in [-0.2, 0) is 0 Å². The molecule has 2 heteroatoms. The number of furan rings is 1. The summed E-state index contributed by atoms with van der Waals surface area (Å²) in [5.74, 6) is 0. The molecule has 0 fully saturated rings. The van der Waals surface area contributed by atoms with Crippen LogP contribution in [0.5, 0.6) is 0 Å². The van der Waals surface area contributed by atoms with Gasteiger partial charge in [0.2, 0.25) is 0 Å². The van der Waals surface area contributed by atoms with E-state index in [9.17, 15) is 0 Å². The van der Waals surface area contributed by atoms with Crippen molar-refractivity contribution in [1.29, 1.82) is 0 Å². The maximum atomic E-state index is 6.13. The molecule has 1 heterocycles. The van der Waals surface area contributed by atoms with Crippen LogP contribution in [0.3, 0.4) is 0 Å². The molecule has 0 unspecified atom stereocenters. The van der Waals surface area contributed by atoms with E-state index >= 15 is 0 Å². The van der Waals surface area contributed by atoms with E-state index in [4.69, 9.17) is 4.42 Å². The summed E-state index contributed by atoms with van der Waals surface area (Å²) < 4.78 is 6.13. The Morgan fingerprint density at radius 3 is 1.97 bits per heavy atom. The zero-order valence-corrected chi connectivity index (χ0v) is 19.5. The second-order valence-corrected chi connectivity index (χ2v) is 9.39. The lowest BCUT2D eigenvalue weighted by Crippen LogP contribution is -2.10. The molecule has 8 rings (SSSR count). The SMILES string of the molecule is c1ccc(N(c2ccc3oc4ccccc4c3c2)c2ccc3ccc4cccc5ccc2c3c45)cc1.